The third kappa shape index (κ3) is 1.96. The molecule has 0 saturated heterocycles. The van der Waals surface area contributed by atoms with E-state index in [9.17, 15) is 4.79 Å². The minimum Gasteiger partial charge on any atom is -0.465 e. The molecule has 1 aliphatic carbocycles. The van der Waals surface area contributed by atoms with E-state index in [1.54, 1.807) is 10.9 Å². The van der Waals surface area contributed by atoms with E-state index in [1.807, 2.05) is 18.2 Å². The van der Waals surface area contributed by atoms with Gasteiger partial charge in [0.25, 0.3) is 0 Å². The van der Waals surface area contributed by atoms with E-state index in [1.165, 1.54) is 13.3 Å². The summed E-state index contributed by atoms with van der Waals surface area (Å²) in [5, 5.41) is 4.46. The second-order valence-electron chi connectivity index (χ2n) is 4.22. The molecule has 1 atom stereocenters. The molecule has 0 fully saturated rings. The number of hydrogen-bond acceptors (Lipinski definition) is 4. The Labute approximate surface area is 114 Å². The first-order valence-corrected chi connectivity index (χ1v) is 6.14. The molecule has 2 aromatic heterocycles. The predicted molar refractivity (Wildman–Crippen MR) is 69.1 cm³/mol. The van der Waals surface area contributed by atoms with Gasteiger partial charge in [0.2, 0.25) is 0 Å². The molecular weight excluding hydrogens is 268 g/mol. The average molecular weight is 279 g/mol. The van der Waals surface area contributed by atoms with Crippen LogP contribution in [0.5, 0.6) is 0 Å². The highest BCUT2D eigenvalue weighted by Gasteiger charge is 2.25. The molecule has 0 aromatic carbocycles. The van der Waals surface area contributed by atoms with Crippen molar-refractivity contribution in [2.24, 2.45) is 0 Å². The van der Waals surface area contributed by atoms with Crippen molar-refractivity contribution in [3.05, 3.63) is 46.6 Å². The topological polar surface area (TPSA) is 57.3 Å². The Morgan fingerprint density at radius 2 is 2.47 bits per heavy atom. The van der Waals surface area contributed by atoms with Crippen molar-refractivity contribution >= 4 is 23.6 Å². The van der Waals surface area contributed by atoms with Crippen LogP contribution in [0.3, 0.4) is 0 Å². The summed E-state index contributed by atoms with van der Waals surface area (Å²) in [4.78, 5) is 11.7. The Balaban J connectivity index is 1.98. The summed E-state index contributed by atoms with van der Waals surface area (Å²) < 4.78 is 11.6. The van der Waals surface area contributed by atoms with E-state index in [4.69, 9.17) is 20.8 Å². The van der Waals surface area contributed by atoms with Crippen LogP contribution in [-0.2, 0) is 11.2 Å². The largest absolute Gasteiger partial charge is 0.465 e. The van der Waals surface area contributed by atoms with Crippen LogP contribution in [0.2, 0.25) is 5.02 Å². The molecule has 19 heavy (non-hydrogen) atoms. The number of furan rings is 1. The van der Waals surface area contributed by atoms with E-state index in [0.717, 1.165) is 11.3 Å². The summed E-state index contributed by atoms with van der Waals surface area (Å²) >= 11 is 5.99. The zero-order chi connectivity index (χ0) is 13.4. The highest BCUT2D eigenvalue weighted by Crippen LogP contribution is 2.29. The van der Waals surface area contributed by atoms with E-state index >= 15 is 0 Å². The van der Waals surface area contributed by atoms with Crippen LogP contribution in [0, 0.1) is 0 Å². The van der Waals surface area contributed by atoms with E-state index < -0.39 is 5.97 Å². The standard InChI is InChI=1S/C13H11ClN2O3/c1-18-13(17)12-10(14)7-15-16(12)9-2-3-11-8(6-9)4-5-19-11/h2-5,7,9H,6H2,1H3. The maximum absolute atomic E-state index is 11.7. The Bertz CT molecular complexity index is 657. The van der Waals surface area contributed by atoms with Crippen molar-refractivity contribution in [3.63, 3.8) is 0 Å². The molecule has 1 aliphatic rings. The number of esters is 1. The lowest BCUT2D eigenvalue weighted by Crippen LogP contribution is -2.19. The Morgan fingerprint density at radius 3 is 3.26 bits per heavy atom. The summed E-state index contributed by atoms with van der Waals surface area (Å²) in [5.74, 6) is 0.350. The lowest BCUT2D eigenvalue weighted by molar-refractivity contribution is 0.0585. The predicted octanol–water partition coefficient (Wildman–Crippen LogP) is 2.73. The van der Waals surface area contributed by atoms with Gasteiger partial charge in [0.05, 0.1) is 30.6 Å². The number of ether oxygens (including phenoxy) is 1. The summed E-state index contributed by atoms with van der Waals surface area (Å²) in [6.45, 7) is 0. The highest BCUT2D eigenvalue weighted by molar-refractivity contribution is 6.33. The van der Waals surface area contributed by atoms with Crippen molar-refractivity contribution in [2.45, 2.75) is 12.5 Å². The Hall–Kier alpha value is -2.01. The third-order valence-corrected chi connectivity index (χ3v) is 3.40. The van der Waals surface area contributed by atoms with Crippen molar-refractivity contribution < 1.29 is 13.9 Å². The van der Waals surface area contributed by atoms with Gasteiger partial charge in [-0.25, -0.2) is 9.48 Å². The second-order valence-corrected chi connectivity index (χ2v) is 4.63. The first-order valence-electron chi connectivity index (χ1n) is 5.76. The molecule has 6 heteroatoms. The van der Waals surface area contributed by atoms with Crippen molar-refractivity contribution in [3.8, 4) is 0 Å². The van der Waals surface area contributed by atoms with Gasteiger partial charge >= 0.3 is 5.97 Å². The summed E-state index contributed by atoms with van der Waals surface area (Å²) in [5.41, 5.74) is 1.35. The van der Waals surface area contributed by atoms with Gasteiger partial charge in [0.1, 0.15) is 5.76 Å². The molecule has 0 radical (unpaired) electrons. The van der Waals surface area contributed by atoms with Gasteiger partial charge in [0.15, 0.2) is 5.69 Å². The van der Waals surface area contributed by atoms with Gasteiger partial charge < -0.3 is 9.15 Å². The Morgan fingerprint density at radius 1 is 1.63 bits per heavy atom. The number of fused-ring (bicyclic) bond motifs is 1. The van der Waals surface area contributed by atoms with Gasteiger partial charge in [-0.05, 0) is 12.1 Å². The van der Waals surface area contributed by atoms with Crippen LogP contribution >= 0.6 is 11.6 Å². The summed E-state index contributed by atoms with van der Waals surface area (Å²) in [7, 11) is 1.32. The molecule has 2 aromatic rings. The van der Waals surface area contributed by atoms with Crippen molar-refractivity contribution in [1.29, 1.82) is 0 Å². The molecule has 5 nitrogen and oxygen atoms in total. The number of carbonyl (C=O) groups is 1. The fourth-order valence-corrected chi connectivity index (χ4v) is 2.41. The maximum Gasteiger partial charge on any atom is 0.357 e. The van der Waals surface area contributed by atoms with Crippen LogP contribution in [-0.4, -0.2) is 22.9 Å². The average Bonchev–Trinajstić information content (AvgIpc) is 3.03. The smallest absolute Gasteiger partial charge is 0.357 e. The number of rotatable bonds is 2. The van der Waals surface area contributed by atoms with E-state index in [-0.39, 0.29) is 11.7 Å². The molecule has 0 amide bonds. The van der Waals surface area contributed by atoms with Crippen molar-refractivity contribution in [1.82, 2.24) is 9.78 Å². The quantitative estimate of drug-likeness (QED) is 0.793. The monoisotopic (exact) mass is 278 g/mol. The molecule has 0 aliphatic heterocycles. The normalized spacial score (nSPS) is 17.3. The van der Waals surface area contributed by atoms with Crippen LogP contribution in [0.4, 0.5) is 0 Å². The fourth-order valence-electron chi connectivity index (χ4n) is 2.20. The molecular formula is C13H11ClN2O3. The number of nitrogens with zero attached hydrogens (tertiary/aromatic N) is 2. The number of halogens is 1. The number of allylic oxidation sites excluding steroid dienone is 1. The van der Waals surface area contributed by atoms with Gasteiger partial charge in [-0.3, -0.25) is 0 Å². The zero-order valence-corrected chi connectivity index (χ0v) is 10.9. The molecule has 0 saturated carbocycles. The summed E-state index contributed by atoms with van der Waals surface area (Å²) in [6, 6.07) is 1.83. The third-order valence-electron chi connectivity index (χ3n) is 3.12. The second kappa shape index (κ2) is 4.59. The first-order chi connectivity index (χ1) is 9.20. The minimum atomic E-state index is -0.492. The number of aromatic nitrogens is 2. The Kier molecular flexibility index (Phi) is 2.91. The van der Waals surface area contributed by atoms with Gasteiger partial charge in [0, 0.05) is 12.0 Å². The van der Waals surface area contributed by atoms with E-state index in [0.29, 0.717) is 11.4 Å². The highest BCUT2D eigenvalue weighted by atomic mass is 35.5. The molecule has 1 unspecified atom stereocenters. The maximum atomic E-state index is 11.7. The number of carbonyl (C=O) groups excluding carboxylic acids is 1. The molecule has 2 heterocycles. The lowest BCUT2D eigenvalue weighted by atomic mass is 10.0. The van der Waals surface area contributed by atoms with Gasteiger partial charge in [-0.1, -0.05) is 17.7 Å². The zero-order valence-electron chi connectivity index (χ0n) is 10.2. The minimum absolute atomic E-state index is 0.0771. The first kappa shape index (κ1) is 12.0. The number of methoxy groups -OCH3 is 1. The van der Waals surface area contributed by atoms with Crippen LogP contribution in [0.15, 0.2) is 29.0 Å². The lowest BCUT2D eigenvalue weighted by Gasteiger charge is -2.18. The van der Waals surface area contributed by atoms with Crippen LogP contribution < -0.4 is 0 Å². The molecule has 0 N–H and O–H groups in total. The number of hydrogen-bond donors (Lipinski definition) is 0. The van der Waals surface area contributed by atoms with Crippen LogP contribution in [0.1, 0.15) is 27.9 Å². The van der Waals surface area contributed by atoms with Crippen molar-refractivity contribution in [2.75, 3.05) is 7.11 Å². The fraction of sp³-hybridized carbons (Fsp3) is 0.231. The van der Waals surface area contributed by atoms with Gasteiger partial charge in [-0.2, -0.15) is 5.10 Å². The molecule has 0 bridgehead atoms. The molecule has 0 spiro atoms. The van der Waals surface area contributed by atoms with E-state index in [2.05, 4.69) is 5.10 Å². The van der Waals surface area contributed by atoms with Gasteiger partial charge in [-0.15, -0.1) is 0 Å². The SMILES string of the molecule is COC(=O)c1c(Cl)cnn1C1C=Cc2occc2C1. The van der Waals surface area contributed by atoms with Crippen LogP contribution in [0.25, 0.3) is 6.08 Å². The molecule has 3 rings (SSSR count). The summed E-state index contributed by atoms with van der Waals surface area (Å²) in [6.07, 6.45) is 7.60. The molecule has 98 valence electrons.